The second kappa shape index (κ2) is 5.38. The lowest BCUT2D eigenvalue weighted by atomic mass is 10.2. The smallest absolute Gasteiger partial charge is 0.263 e. The topological polar surface area (TPSA) is 94.3 Å². The van der Waals surface area contributed by atoms with E-state index in [0.717, 1.165) is 5.56 Å². The number of nitrogens with one attached hydrogen (secondary N) is 1. The van der Waals surface area contributed by atoms with Gasteiger partial charge >= 0.3 is 0 Å². The van der Waals surface area contributed by atoms with Gasteiger partial charge in [-0.25, -0.2) is 13.4 Å². The molecular weight excluding hydrogens is 278 g/mol. The summed E-state index contributed by atoms with van der Waals surface area (Å²) >= 11 is 0. The number of sulfonamides is 1. The quantitative estimate of drug-likeness (QED) is 0.838. The highest BCUT2D eigenvalue weighted by Gasteiger charge is 2.17. The molecule has 0 aliphatic carbocycles. The second-order valence-corrected chi connectivity index (χ2v) is 5.89. The van der Waals surface area contributed by atoms with E-state index in [0.29, 0.717) is 11.6 Å². The van der Waals surface area contributed by atoms with Gasteiger partial charge in [-0.3, -0.25) is 4.72 Å². The predicted octanol–water partition coefficient (Wildman–Crippen LogP) is 1.78. The molecule has 0 amide bonds. The summed E-state index contributed by atoms with van der Waals surface area (Å²) in [6, 6.07) is 7.91. The Morgan fingerprint density at radius 1 is 1.25 bits per heavy atom. The average Bonchev–Trinajstić information content (AvgIpc) is 2.38. The molecule has 2 rings (SSSR count). The SMILES string of the molecule is COc1ccc(NS(=O)(=O)c2ccc(C)cc2N)cn1. The van der Waals surface area contributed by atoms with Crippen LogP contribution in [0.15, 0.2) is 41.4 Å². The fourth-order valence-corrected chi connectivity index (χ4v) is 2.84. The number of anilines is 2. The average molecular weight is 293 g/mol. The Bertz CT molecular complexity index is 712. The molecule has 0 unspecified atom stereocenters. The van der Waals surface area contributed by atoms with Gasteiger partial charge in [-0.15, -0.1) is 0 Å². The van der Waals surface area contributed by atoms with Crippen molar-refractivity contribution in [3.05, 3.63) is 42.1 Å². The van der Waals surface area contributed by atoms with Crippen LogP contribution < -0.4 is 15.2 Å². The van der Waals surface area contributed by atoms with Crippen LogP contribution in [0.25, 0.3) is 0 Å². The maximum Gasteiger partial charge on any atom is 0.263 e. The number of aromatic nitrogens is 1. The predicted molar refractivity (Wildman–Crippen MR) is 77.2 cm³/mol. The van der Waals surface area contributed by atoms with E-state index >= 15 is 0 Å². The number of pyridine rings is 1. The van der Waals surface area contributed by atoms with Gasteiger partial charge in [-0.2, -0.15) is 0 Å². The monoisotopic (exact) mass is 293 g/mol. The molecule has 0 aliphatic rings. The minimum absolute atomic E-state index is 0.0407. The summed E-state index contributed by atoms with van der Waals surface area (Å²) in [6.07, 6.45) is 1.38. The number of nitrogen functional groups attached to an aromatic ring is 1. The molecule has 0 atom stereocenters. The maximum absolute atomic E-state index is 12.2. The number of methoxy groups -OCH3 is 1. The summed E-state index contributed by atoms with van der Waals surface area (Å²) in [5.74, 6) is 0.405. The summed E-state index contributed by atoms with van der Waals surface area (Å²) in [5.41, 5.74) is 7.19. The fraction of sp³-hybridized carbons (Fsp3) is 0.154. The lowest BCUT2D eigenvalue weighted by Gasteiger charge is -2.10. The van der Waals surface area contributed by atoms with Crippen LogP contribution in [-0.4, -0.2) is 20.5 Å². The van der Waals surface area contributed by atoms with Gasteiger partial charge in [0.15, 0.2) is 0 Å². The normalized spacial score (nSPS) is 11.1. The largest absolute Gasteiger partial charge is 0.481 e. The Morgan fingerprint density at radius 3 is 2.55 bits per heavy atom. The number of aryl methyl sites for hydroxylation is 1. The lowest BCUT2D eigenvalue weighted by Crippen LogP contribution is -2.15. The highest BCUT2D eigenvalue weighted by atomic mass is 32.2. The standard InChI is InChI=1S/C13H15N3O3S/c1-9-3-5-12(11(14)7-9)20(17,18)16-10-4-6-13(19-2)15-8-10/h3-8,16H,14H2,1-2H3. The molecule has 0 radical (unpaired) electrons. The van der Waals surface area contributed by atoms with E-state index in [1.54, 1.807) is 24.3 Å². The summed E-state index contributed by atoms with van der Waals surface area (Å²) in [5, 5.41) is 0. The fourth-order valence-electron chi connectivity index (χ4n) is 1.68. The van der Waals surface area contributed by atoms with Gasteiger partial charge in [0.05, 0.1) is 24.7 Å². The molecule has 1 aromatic heterocycles. The molecule has 6 nitrogen and oxygen atoms in total. The minimum atomic E-state index is -3.74. The van der Waals surface area contributed by atoms with E-state index < -0.39 is 10.0 Å². The van der Waals surface area contributed by atoms with Gasteiger partial charge in [0.25, 0.3) is 10.0 Å². The van der Waals surface area contributed by atoms with Crippen molar-refractivity contribution < 1.29 is 13.2 Å². The van der Waals surface area contributed by atoms with Crippen molar-refractivity contribution in [1.82, 2.24) is 4.98 Å². The first kappa shape index (κ1) is 14.1. The zero-order valence-electron chi connectivity index (χ0n) is 11.1. The number of hydrogen-bond acceptors (Lipinski definition) is 5. The van der Waals surface area contributed by atoms with E-state index in [4.69, 9.17) is 10.5 Å². The van der Waals surface area contributed by atoms with Gasteiger partial charge in [0.1, 0.15) is 4.90 Å². The first-order valence-electron chi connectivity index (χ1n) is 5.81. The summed E-state index contributed by atoms with van der Waals surface area (Å²) < 4.78 is 31.8. The molecular formula is C13H15N3O3S. The molecule has 0 spiro atoms. The maximum atomic E-state index is 12.2. The molecule has 1 aromatic carbocycles. The highest BCUT2D eigenvalue weighted by molar-refractivity contribution is 7.92. The van der Waals surface area contributed by atoms with E-state index in [1.165, 1.54) is 19.4 Å². The van der Waals surface area contributed by atoms with E-state index in [2.05, 4.69) is 9.71 Å². The molecule has 0 bridgehead atoms. The number of nitrogens with two attached hydrogens (primary N) is 1. The number of ether oxygens (including phenoxy) is 1. The summed E-state index contributed by atoms with van der Waals surface area (Å²) in [7, 11) is -2.25. The molecule has 3 N–H and O–H groups in total. The Kier molecular flexibility index (Phi) is 3.80. The van der Waals surface area contributed by atoms with E-state index in [9.17, 15) is 8.42 Å². The van der Waals surface area contributed by atoms with Crippen LogP contribution in [0.1, 0.15) is 5.56 Å². The number of nitrogens with zero attached hydrogens (tertiary/aromatic N) is 1. The van der Waals surface area contributed by atoms with Crippen LogP contribution in [0.5, 0.6) is 5.88 Å². The molecule has 0 aliphatic heterocycles. The number of rotatable bonds is 4. The van der Waals surface area contributed by atoms with Crippen LogP contribution >= 0.6 is 0 Å². The van der Waals surface area contributed by atoms with Gasteiger partial charge in [-0.05, 0) is 30.7 Å². The van der Waals surface area contributed by atoms with Crippen molar-refractivity contribution in [2.75, 3.05) is 17.6 Å². The Hall–Kier alpha value is -2.28. The second-order valence-electron chi connectivity index (χ2n) is 4.24. The molecule has 1 heterocycles. The Morgan fingerprint density at radius 2 is 2.00 bits per heavy atom. The third kappa shape index (κ3) is 3.00. The van der Waals surface area contributed by atoms with Crippen molar-refractivity contribution in [3.8, 4) is 5.88 Å². The van der Waals surface area contributed by atoms with Gasteiger partial charge in [0, 0.05) is 6.07 Å². The minimum Gasteiger partial charge on any atom is -0.481 e. The van der Waals surface area contributed by atoms with Crippen molar-refractivity contribution in [2.45, 2.75) is 11.8 Å². The zero-order chi connectivity index (χ0) is 14.8. The number of benzene rings is 1. The molecule has 7 heteroatoms. The van der Waals surface area contributed by atoms with Crippen molar-refractivity contribution in [1.29, 1.82) is 0 Å². The van der Waals surface area contributed by atoms with Crippen molar-refractivity contribution in [2.24, 2.45) is 0 Å². The van der Waals surface area contributed by atoms with Gasteiger partial charge in [-0.1, -0.05) is 6.07 Å². The highest BCUT2D eigenvalue weighted by Crippen LogP contribution is 2.22. The molecule has 2 aromatic rings. The first-order chi connectivity index (χ1) is 9.42. The number of hydrogen-bond donors (Lipinski definition) is 2. The lowest BCUT2D eigenvalue weighted by molar-refractivity contribution is 0.398. The first-order valence-corrected chi connectivity index (χ1v) is 7.29. The third-order valence-corrected chi connectivity index (χ3v) is 4.11. The van der Waals surface area contributed by atoms with Gasteiger partial charge < -0.3 is 10.5 Å². The zero-order valence-corrected chi connectivity index (χ0v) is 11.9. The van der Waals surface area contributed by atoms with Crippen LogP contribution in [0.3, 0.4) is 0 Å². The third-order valence-electron chi connectivity index (χ3n) is 2.65. The molecule has 106 valence electrons. The summed E-state index contributed by atoms with van der Waals surface area (Å²) in [4.78, 5) is 3.97. The molecule has 0 fully saturated rings. The van der Waals surface area contributed by atoms with Crippen LogP contribution in [0.2, 0.25) is 0 Å². The van der Waals surface area contributed by atoms with Crippen LogP contribution in [-0.2, 0) is 10.0 Å². The van der Waals surface area contributed by atoms with Crippen molar-refractivity contribution in [3.63, 3.8) is 0 Å². The van der Waals surface area contributed by atoms with E-state index in [1.807, 2.05) is 6.92 Å². The van der Waals surface area contributed by atoms with Crippen molar-refractivity contribution >= 4 is 21.4 Å². The molecule has 0 saturated heterocycles. The van der Waals surface area contributed by atoms with Crippen LogP contribution in [0.4, 0.5) is 11.4 Å². The summed E-state index contributed by atoms with van der Waals surface area (Å²) in [6.45, 7) is 1.84. The molecule has 20 heavy (non-hydrogen) atoms. The van der Waals surface area contributed by atoms with Crippen LogP contribution in [0, 0.1) is 6.92 Å². The Balaban J connectivity index is 2.30. The van der Waals surface area contributed by atoms with Gasteiger partial charge in [0.2, 0.25) is 5.88 Å². The van der Waals surface area contributed by atoms with E-state index in [-0.39, 0.29) is 10.6 Å². The Labute approximate surface area is 117 Å². The molecule has 0 saturated carbocycles.